The van der Waals surface area contributed by atoms with Crippen molar-refractivity contribution in [3.05, 3.63) is 69.7 Å². The molecule has 1 aliphatic rings. The lowest BCUT2D eigenvalue weighted by Crippen LogP contribution is -2.32. The first-order valence-electron chi connectivity index (χ1n) is 12.3. The highest BCUT2D eigenvalue weighted by Gasteiger charge is 2.35. The fourth-order valence-corrected chi connectivity index (χ4v) is 4.80. The molecule has 2 aromatic carbocycles. The van der Waals surface area contributed by atoms with E-state index in [0.29, 0.717) is 28.8 Å². The molecule has 0 saturated carbocycles. The fraction of sp³-hybridized carbons (Fsp3) is 0.370. The minimum atomic E-state index is -0.566. The fourth-order valence-electron chi connectivity index (χ4n) is 3.93. The number of anilines is 2. The number of halogens is 1. The van der Waals surface area contributed by atoms with Gasteiger partial charge in [0, 0.05) is 36.6 Å². The van der Waals surface area contributed by atoms with Gasteiger partial charge in [-0.3, -0.25) is 9.59 Å². The Kier molecular flexibility index (Phi) is 8.63. The van der Waals surface area contributed by atoms with Crippen molar-refractivity contribution in [1.29, 1.82) is 0 Å². The van der Waals surface area contributed by atoms with Gasteiger partial charge in [0.05, 0.1) is 5.92 Å². The minimum absolute atomic E-state index is 0.120. The molecule has 4 rings (SSSR count). The average Bonchev–Trinajstić information content (AvgIpc) is 3.48. The zero-order valence-corrected chi connectivity index (χ0v) is 23.1. The number of rotatable bonds is 8. The quantitative estimate of drug-likeness (QED) is 0.405. The smallest absolute Gasteiger partial charge is 0.407 e. The Labute approximate surface area is 230 Å². The summed E-state index contributed by atoms with van der Waals surface area (Å²) in [6.45, 7) is 5.99. The number of benzene rings is 2. The second-order valence-electron chi connectivity index (χ2n) is 10.0. The van der Waals surface area contributed by atoms with E-state index in [9.17, 15) is 14.4 Å². The lowest BCUT2D eigenvalue weighted by atomic mass is 10.1. The summed E-state index contributed by atoms with van der Waals surface area (Å²) in [7, 11) is 0. The molecule has 38 heavy (non-hydrogen) atoms. The van der Waals surface area contributed by atoms with E-state index in [0.717, 1.165) is 22.6 Å². The SMILES string of the molecule is CC(C)(C)OC(=O)NCc1ccc(N2CC(C(=O)Nc3nnc(CCc4ccc(Cl)cc4)s3)CC2=O)cc1. The van der Waals surface area contributed by atoms with Gasteiger partial charge >= 0.3 is 6.09 Å². The molecule has 3 amide bonds. The van der Waals surface area contributed by atoms with Crippen molar-refractivity contribution in [1.82, 2.24) is 15.5 Å². The molecule has 2 heterocycles. The monoisotopic (exact) mass is 555 g/mol. The summed E-state index contributed by atoms with van der Waals surface area (Å²) in [5.41, 5.74) is 2.14. The summed E-state index contributed by atoms with van der Waals surface area (Å²) in [4.78, 5) is 39.0. The number of ether oxygens (including phenoxy) is 1. The predicted octanol–water partition coefficient (Wildman–Crippen LogP) is 4.99. The van der Waals surface area contributed by atoms with Crippen molar-refractivity contribution in [2.45, 2.75) is 52.2 Å². The molecule has 0 bridgehead atoms. The van der Waals surface area contributed by atoms with Gasteiger partial charge < -0.3 is 20.3 Å². The van der Waals surface area contributed by atoms with Gasteiger partial charge in [-0.15, -0.1) is 10.2 Å². The number of aromatic nitrogens is 2. The van der Waals surface area contributed by atoms with Crippen LogP contribution in [0, 0.1) is 5.92 Å². The molecule has 0 radical (unpaired) electrons. The van der Waals surface area contributed by atoms with Gasteiger partial charge in [0.2, 0.25) is 16.9 Å². The second-order valence-corrected chi connectivity index (χ2v) is 11.5. The summed E-state index contributed by atoms with van der Waals surface area (Å²) >= 11 is 7.26. The van der Waals surface area contributed by atoms with Gasteiger partial charge in [0.1, 0.15) is 10.6 Å². The van der Waals surface area contributed by atoms with Gasteiger partial charge in [0.25, 0.3) is 0 Å². The number of nitrogens with zero attached hydrogens (tertiary/aromatic N) is 3. The zero-order chi connectivity index (χ0) is 27.3. The van der Waals surface area contributed by atoms with Crippen molar-refractivity contribution in [2.24, 2.45) is 5.92 Å². The number of carbonyl (C=O) groups excluding carboxylic acids is 3. The van der Waals surface area contributed by atoms with Gasteiger partial charge in [-0.2, -0.15) is 0 Å². The van der Waals surface area contributed by atoms with E-state index in [1.165, 1.54) is 11.3 Å². The first kappa shape index (κ1) is 27.5. The van der Waals surface area contributed by atoms with Crippen LogP contribution in [0.25, 0.3) is 0 Å². The van der Waals surface area contributed by atoms with Crippen molar-refractivity contribution in [3.63, 3.8) is 0 Å². The minimum Gasteiger partial charge on any atom is -0.444 e. The summed E-state index contributed by atoms with van der Waals surface area (Å²) in [6, 6.07) is 14.9. The molecular weight excluding hydrogens is 526 g/mol. The molecule has 3 aromatic rings. The van der Waals surface area contributed by atoms with Crippen molar-refractivity contribution < 1.29 is 19.1 Å². The summed E-state index contributed by atoms with van der Waals surface area (Å²) in [5, 5.41) is 15.7. The standard InChI is InChI=1S/C27H30ClN5O4S/c1-27(2,3)37-26(36)29-15-18-6-11-21(12-7-18)33-16-19(14-23(33)34)24(35)30-25-32-31-22(38-25)13-8-17-4-9-20(28)10-5-17/h4-7,9-12,19H,8,13-16H2,1-3H3,(H,29,36)(H,30,32,35). The van der Waals surface area contributed by atoms with E-state index >= 15 is 0 Å². The van der Waals surface area contributed by atoms with Gasteiger partial charge in [-0.05, 0) is 62.6 Å². The molecule has 1 fully saturated rings. The Morgan fingerprint density at radius 1 is 1.05 bits per heavy atom. The summed E-state index contributed by atoms with van der Waals surface area (Å²) in [5.74, 6) is -0.859. The topological polar surface area (TPSA) is 114 Å². The van der Waals surface area contributed by atoms with Crippen molar-refractivity contribution in [3.8, 4) is 0 Å². The number of hydrogen-bond donors (Lipinski definition) is 2. The highest BCUT2D eigenvalue weighted by Crippen LogP contribution is 2.27. The Morgan fingerprint density at radius 3 is 2.42 bits per heavy atom. The van der Waals surface area contributed by atoms with Gasteiger partial charge in [0.15, 0.2) is 0 Å². The Hall–Kier alpha value is -3.50. The van der Waals surface area contributed by atoms with Crippen LogP contribution in [-0.2, 0) is 33.7 Å². The van der Waals surface area contributed by atoms with Crippen LogP contribution >= 0.6 is 22.9 Å². The third-order valence-corrected chi connectivity index (χ3v) is 6.97. The molecule has 200 valence electrons. The number of amides is 3. The van der Waals surface area contributed by atoms with Gasteiger partial charge in [-0.1, -0.05) is 47.2 Å². The molecule has 9 nitrogen and oxygen atoms in total. The predicted molar refractivity (Wildman–Crippen MR) is 147 cm³/mol. The van der Waals surface area contributed by atoms with E-state index in [2.05, 4.69) is 20.8 Å². The van der Waals surface area contributed by atoms with E-state index in [1.807, 2.05) is 48.5 Å². The highest BCUT2D eigenvalue weighted by molar-refractivity contribution is 7.15. The lowest BCUT2D eigenvalue weighted by molar-refractivity contribution is -0.122. The summed E-state index contributed by atoms with van der Waals surface area (Å²) in [6.07, 6.45) is 1.13. The number of aryl methyl sites for hydroxylation is 2. The second kappa shape index (κ2) is 11.9. The first-order chi connectivity index (χ1) is 18.1. The number of alkyl carbamates (subject to hydrolysis) is 1. The Balaban J connectivity index is 1.26. The molecule has 0 spiro atoms. The van der Waals surface area contributed by atoms with E-state index in [4.69, 9.17) is 16.3 Å². The molecule has 1 saturated heterocycles. The number of carbonyl (C=O) groups is 3. The van der Waals surface area contributed by atoms with Crippen LogP contribution in [0.4, 0.5) is 15.6 Å². The van der Waals surface area contributed by atoms with E-state index in [-0.39, 0.29) is 24.8 Å². The molecular formula is C27H30ClN5O4S. The van der Waals surface area contributed by atoms with E-state index in [1.54, 1.807) is 25.7 Å². The molecule has 1 aliphatic heterocycles. The lowest BCUT2D eigenvalue weighted by Gasteiger charge is -2.20. The maximum atomic E-state index is 12.8. The van der Waals surface area contributed by atoms with Crippen LogP contribution < -0.4 is 15.5 Å². The molecule has 2 N–H and O–H groups in total. The van der Waals surface area contributed by atoms with Crippen LogP contribution in [0.2, 0.25) is 5.02 Å². The number of nitrogens with one attached hydrogen (secondary N) is 2. The third-order valence-electron chi connectivity index (χ3n) is 5.82. The zero-order valence-electron chi connectivity index (χ0n) is 21.5. The summed E-state index contributed by atoms with van der Waals surface area (Å²) < 4.78 is 5.24. The molecule has 11 heteroatoms. The largest absolute Gasteiger partial charge is 0.444 e. The van der Waals surface area contributed by atoms with Crippen LogP contribution in [-0.4, -0.2) is 40.3 Å². The highest BCUT2D eigenvalue weighted by atomic mass is 35.5. The Morgan fingerprint density at radius 2 is 1.74 bits per heavy atom. The van der Waals surface area contributed by atoms with Crippen LogP contribution in [0.5, 0.6) is 0 Å². The van der Waals surface area contributed by atoms with E-state index < -0.39 is 17.6 Å². The van der Waals surface area contributed by atoms with Crippen molar-refractivity contribution >= 4 is 51.7 Å². The molecule has 1 unspecified atom stereocenters. The third kappa shape index (κ3) is 7.75. The average molecular weight is 556 g/mol. The Bertz CT molecular complexity index is 1290. The molecule has 1 aromatic heterocycles. The van der Waals surface area contributed by atoms with Crippen LogP contribution in [0.3, 0.4) is 0 Å². The maximum Gasteiger partial charge on any atom is 0.407 e. The maximum absolute atomic E-state index is 12.8. The molecule has 1 atom stereocenters. The first-order valence-corrected chi connectivity index (χ1v) is 13.5. The molecule has 0 aliphatic carbocycles. The normalized spacial score (nSPS) is 15.4. The van der Waals surface area contributed by atoms with Crippen LogP contribution in [0.1, 0.15) is 43.3 Å². The number of hydrogen-bond acceptors (Lipinski definition) is 7. The van der Waals surface area contributed by atoms with Gasteiger partial charge in [-0.25, -0.2) is 4.79 Å². The van der Waals surface area contributed by atoms with Crippen molar-refractivity contribution in [2.75, 3.05) is 16.8 Å². The van der Waals surface area contributed by atoms with Crippen LogP contribution in [0.15, 0.2) is 48.5 Å².